The second kappa shape index (κ2) is 12.7. The Bertz CT molecular complexity index is 1350. The van der Waals surface area contributed by atoms with Crippen LogP contribution in [0.1, 0.15) is 30.0 Å². The third kappa shape index (κ3) is 7.41. The average molecular weight is 533 g/mol. The van der Waals surface area contributed by atoms with Crippen molar-refractivity contribution >= 4 is 35.2 Å². The summed E-state index contributed by atoms with van der Waals surface area (Å²) in [6.45, 7) is 0.475. The number of urea groups is 1. The summed E-state index contributed by atoms with van der Waals surface area (Å²) in [6.07, 6.45) is -0.217. The van der Waals surface area contributed by atoms with Crippen LogP contribution in [-0.2, 0) is 25.7 Å². The molecule has 1 aliphatic rings. The van der Waals surface area contributed by atoms with Gasteiger partial charge in [-0.25, -0.2) is 9.18 Å². The molecule has 3 aromatic rings. The Hall–Kier alpha value is -4.73. The van der Waals surface area contributed by atoms with Crippen molar-refractivity contribution in [1.82, 2.24) is 10.6 Å². The Balaban J connectivity index is 1.39. The molecule has 0 aromatic heterocycles. The molecule has 0 radical (unpaired) electrons. The molecule has 3 aromatic carbocycles. The molecule has 1 fully saturated rings. The third-order valence-corrected chi connectivity index (χ3v) is 6.37. The number of amides is 4. The number of hydrogen-bond donors (Lipinski definition) is 3. The van der Waals surface area contributed by atoms with Crippen LogP contribution in [0.3, 0.4) is 0 Å². The lowest BCUT2D eigenvalue weighted by Gasteiger charge is -2.21. The largest absolute Gasteiger partial charge is 0.469 e. The quantitative estimate of drug-likeness (QED) is 0.361. The highest BCUT2D eigenvalue weighted by atomic mass is 19.1. The van der Waals surface area contributed by atoms with Crippen molar-refractivity contribution in [2.45, 2.75) is 25.4 Å². The first-order valence-electron chi connectivity index (χ1n) is 12.4. The maximum absolute atomic E-state index is 13.8. The summed E-state index contributed by atoms with van der Waals surface area (Å²) in [4.78, 5) is 51.7. The molecule has 39 heavy (non-hydrogen) atoms. The molecular formula is C29H29FN4O5. The first-order valence-corrected chi connectivity index (χ1v) is 12.4. The van der Waals surface area contributed by atoms with Gasteiger partial charge in [0.1, 0.15) is 5.82 Å². The van der Waals surface area contributed by atoms with Gasteiger partial charge in [0.25, 0.3) is 0 Å². The minimum absolute atomic E-state index is 0.0326. The van der Waals surface area contributed by atoms with Gasteiger partial charge in [0.2, 0.25) is 11.8 Å². The number of carbonyl (C=O) groups is 4. The zero-order chi connectivity index (χ0) is 27.8. The number of anilines is 2. The molecule has 3 N–H and O–H groups in total. The molecule has 0 aliphatic carbocycles. The lowest BCUT2D eigenvalue weighted by molar-refractivity contribution is -0.141. The fourth-order valence-corrected chi connectivity index (χ4v) is 4.35. The number of hydrogen-bond acceptors (Lipinski definition) is 5. The van der Waals surface area contributed by atoms with Crippen molar-refractivity contribution in [1.29, 1.82) is 0 Å². The number of rotatable bonds is 9. The molecular weight excluding hydrogens is 503 g/mol. The molecule has 4 rings (SSSR count). The summed E-state index contributed by atoms with van der Waals surface area (Å²) in [5.74, 6) is -2.43. The number of carbonyl (C=O) groups excluding carboxylic acids is 4. The van der Waals surface area contributed by atoms with Gasteiger partial charge in [-0.2, -0.15) is 0 Å². The zero-order valence-electron chi connectivity index (χ0n) is 21.4. The summed E-state index contributed by atoms with van der Waals surface area (Å²) in [5, 5.41) is 8.31. The Kier molecular flexibility index (Phi) is 8.88. The van der Waals surface area contributed by atoms with Gasteiger partial charge in [0.15, 0.2) is 0 Å². The molecule has 4 amide bonds. The van der Waals surface area contributed by atoms with Crippen LogP contribution < -0.4 is 20.9 Å². The van der Waals surface area contributed by atoms with E-state index in [0.29, 0.717) is 23.5 Å². The van der Waals surface area contributed by atoms with Gasteiger partial charge < -0.3 is 25.6 Å². The Morgan fingerprint density at radius 2 is 1.79 bits per heavy atom. The van der Waals surface area contributed by atoms with Crippen LogP contribution in [0.2, 0.25) is 0 Å². The highest BCUT2D eigenvalue weighted by Crippen LogP contribution is 2.28. The summed E-state index contributed by atoms with van der Waals surface area (Å²) >= 11 is 0. The molecule has 1 aliphatic heterocycles. The summed E-state index contributed by atoms with van der Waals surface area (Å²) in [7, 11) is 1.23. The Labute approximate surface area is 225 Å². The second-order valence-electron chi connectivity index (χ2n) is 9.15. The summed E-state index contributed by atoms with van der Waals surface area (Å²) < 4.78 is 18.5. The van der Waals surface area contributed by atoms with Crippen molar-refractivity contribution in [3.8, 4) is 0 Å². The number of nitrogens with zero attached hydrogens (tertiary/aromatic N) is 1. The average Bonchev–Trinajstić information content (AvgIpc) is 3.34. The molecule has 9 nitrogen and oxygen atoms in total. The van der Waals surface area contributed by atoms with Gasteiger partial charge >= 0.3 is 12.0 Å². The van der Waals surface area contributed by atoms with Crippen LogP contribution in [-0.4, -0.2) is 37.5 Å². The number of ether oxygens (including phenoxy) is 1. The van der Waals surface area contributed by atoms with Gasteiger partial charge in [-0.3, -0.25) is 14.4 Å². The van der Waals surface area contributed by atoms with E-state index in [9.17, 15) is 23.6 Å². The van der Waals surface area contributed by atoms with Gasteiger partial charge in [0.05, 0.1) is 25.5 Å². The summed E-state index contributed by atoms with van der Waals surface area (Å²) in [5.41, 5.74) is 2.40. The van der Waals surface area contributed by atoms with E-state index in [4.69, 9.17) is 4.74 Å². The molecule has 1 heterocycles. The Morgan fingerprint density at radius 1 is 1.03 bits per heavy atom. The van der Waals surface area contributed by atoms with Gasteiger partial charge in [-0.1, -0.05) is 48.5 Å². The molecule has 0 saturated carbocycles. The molecule has 202 valence electrons. The standard InChI is InChI=1S/C29H29FN4O5/c1-39-27(36)16-25(20-9-5-10-22(30)13-20)33-28(37)21-14-26(35)34(18-21)24-12-6-11-23(15-24)32-29(38)31-17-19-7-3-2-4-8-19/h2-13,15,21,25H,14,16-18H2,1H3,(H,33,37)(H2,31,32,38). The number of nitrogens with one attached hydrogen (secondary N) is 3. The lowest BCUT2D eigenvalue weighted by Crippen LogP contribution is -2.36. The molecule has 1 saturated heterocycles. The monoisotopic (exact) mass is 532 g/mol. The molecule has 0 spiro atoms. The fraction of sp³-hybridized carbons (Fsp3) is 0.241. The smallest absolute Gasteiger partial charge is 0.319 e. The van der Waals surface area contributed by atoms with E-state index < -0.39 is 35.7 Å². The highest BCUT2D eigenvalue weighted by Gasteiger charge is 2.36. The van der Waals surface area contributed by atoms with Crippen molar-refractivity contribution in [3.05, 3.63) is 95.8 Å². The molecule has 2 atom stereocenters. The van der Waals surface area contributed by atoms with E-state index in [0.717, 1.165) is 5.56 Å². The fourth-order valence-electron chi connectivity index (χ4n) is 4.35. The molecule has 0 bridgehead atoms. The van der Waals surface area contributed by atoms with Crippen LogP contribution in [0.25, 0.3) is 0 Å². The molecule has 2 unspecified atom stereocenters. The van der Waals surface area contributed by atoms with Crippen molar-refractivity contribution in [3.63, 3.8) is 0 Å². The van der Waals surface area contributed by atoms with Crippen molar-refractivity contribution in [2.75, 3.05) is 23.9 Å². The van der Waals surface area contributed by atoms with E-state index in [1.165, 1.54) is 30.2 Å². The molecule has 10 heteroatoms. The van der Waals surface area contributed by atoms with E-state index >= 15 is 0 Å². The summed E-state index contributed by atoms with van der Waals surface area (Å²) in [6, 6.07) is 20.7. The second-order valence-corrected chi connectivity index (χ2v) is 9.15. The van der Waals surface area contributed by atoms with Crippen LogP contribution in [0, 0.1) is 11.7 Å². The van der Waals surface area contributed by atoms with Crippen LogP contribution in [0.15, 0.2) is 78.9 Å². The number of benzene rings is 3. The first-order chi connectivity index (χ1) is 18.8. The normalized spacial score (nSPS) is 15.4. The number of halogens is 1. The first kappa shape index (κ1) is 27.3. The third-order valence-electron chi connectivity index (χ3n) is 6.37. The van der Waals surface area contributed by atoms with Gasteiger partial charge in [-0.15, -0.1) is 0 Å². The van der Waals surface area contributed by atoms with Crippen LogP contribution >= 0.6 is 0 Å². The van der Waals surface area contributed by atoms with Crippen molar-refractivity contribution in [2.24, 2.45) is 5.92 Å². The predicted octanol–water partition coefficient (Wildman–Crippen LogP) is 3.92. The minimum atomic E-state index is -0.813. The van der Waals surface area contributed by atoms with E-state index in [1.54, 1.807) is 30.3 Å². The van der Waals surface area contributed by atoms with Crippen LogP contribution in [0.5, 0.6) is 0 Å². The predicted molar refractivity (Wildman–Crippen MR) is 143 cm³/mol. The van der Waals surface area contributed by atoms with E-state index in [-0.39, 0.29) is 25.3 Å². The van der Waals surface area contributed by atoms with Crippen molar-refractivity contribution < 1.29 is 28.3 Å². The Morgan fingerprint density at radius 3 is 2.54 bits per heavy atom. The lowest BCUT2D eigenvalue weighted by atomic mass is 10.0. The van der Waals surface area contributed by atoms with Crippen LogP contribution in [0.4, 0.5) is 20.6 Å². The maximum Gasteiger partial charge on any atom is 0.319 e. The maximum atomic E-state index is 13.8. The topological polar surface area (TPSA) is 117 Å². The highest BCUT2D eigenvalue weighted by molar-refractivity contribution is 6.01. The minimum Gasteiger partial charge on any atom is -0.469 e. The number of methoxy groups -OCH3 is 1. The van der Waals surface area contributed by atoms with Gasteiger partial charge in [0, 0.05) is 30.9 Å². The number of esters is 1. The SMILES string of the molecule is COC(=O)CC(NC(=O)C1CC(=O)N(c2cccc(NC(=O)NCc3ccccc3)c2)C1)c1cccc(F)c1. The zero-order valence-corrected chi connectivity index (χ0v) is 21.4. The van der Waals surface area contributed by atoms with E-state index in [2.05, 4.69) is 16.0 Å². The van der Waals surface area contributed by atoms with Gasteiger partial charge in [-0.05, 0) is 41.5 Å². The van der Waals surface area contributed by atoms with E-state index in [1.807, 2.05) is 30.3 Å².